The van der Waals surface area contributed by atoms with Gasteiger partial charge < -0.3 is 14.4 Å². The Kier molecular flexibility index (Phi) is 5.34. The number of H-pyrrole nitrogens is 1. The lowest BCUT2D eigenvalue weighted by Crippen LogP contribution is -2.39. The molecule has 3 heterocycles. The molecule has 0 radical (unpaired) electrons. The molecule has 148 valence electrons. The highest BCUT2D eigenvalue weighted by Gasteiger charge is 2.28. The van der Waals surface area contributed by atoms with Crippen molar-refractivity contribution in [3.05, 3.63) is 45.7 Å². The van der Waals surface area contributed by atoms with E-state index in [2.05, 4.69) is 15.1 Å². The maximum Gasteiger partial charge on any atom is 0.271 e. The van der Waals surface area contributed by atoms with Gasteiger partial charge in [-0.2, -0.15) is 4.98 Å². The number of nitrogens with zero attached hydrogens (tertiary/aromatic N) is 3. The molecule has 0 saturated carbocycles. The number of halogens is 2. The van der Waals surface area contributed by atoms with Crippen LogP contribution in [0.25, 0.3) is 10.9 Å². The predicted octanol–water partition coefficient (Wildman–Crippen LogP) is 5.08. The molecule has 3 aromatic rings. The maximum absolute atomic E-state index is 13.0. The minimum atomic E-state index is -0.0735. The molecule has 1 amide bonds. The average Bonchev–Trinajstić information content (AvgIpc) is 3.27. The Morgan fingerprint density at radius 2 is 2.07 bits per heavy atom. The van der Waals surface area contributed by atoms with Gasteiger partial charge in [-0.1, -0.05) is 42.2 Å². The van der Waals surface area contributed by atoms with E-state index in [1.54, 1.807) is 12.1 Å². The van der Waals surface area contributed by atoms with Crippen LogP contribution in [0.5, 0.6) is 0 Å². The van der Waals surface area contributed by atoms with E-state index in [4.69, 9.17) is 27.7 Å². The number of carbonyl (C=O) groups excluding carboxylic acids is 1. The zero-order valence-electron chi connectivity index (χ0n) is 15.8. The molecule has 1 aliphatic heterocycles. The maximum atomic E-state index is 13.0. The van der Waals surface area contributed by atoms with Crippen LogP contribution in [0.4, 0.5) is 0 Å². The van der Waals surface area contributed by atoms with Gasteiger partial charge in [-0.05, 0) is 37.0 Å². The molecule has 1 saturated heterocycles. The molecular formula is C20H22Cl2N4O2. The molecule has 0 atom stereocenters. The summed E-state index contributed by atoms with van der Waals surface area (Å²) >= 11 is 12.5. The molecule has 4 rings (SSSR count). The lowest BCUT2D eigenvalue weighted by atomic mass is 9.93. The summed E-state index contributed by atoms with van der Waals surface area (Å²) in [5.41, 5.74) is 1.24. The molecule has 2 aromatic heterocycles. The van der Waals surface area contributed by atoms with Crippen LogP contribution in [0, 0.1) is 5.92 Å². The van der Waals surface area contributed by atoms with Crippen molar-refractivity contribution in [3.8, 4) is 0 Å². The van der Waals surface area contributed by atoms with Gasteiger partial charge in [-0.15, -0.1) is 0 Å². The van der Waals surface area contributed by atoms with Crippen molar-refractivity contribution in [1.82, 2.24) is 20.0 Å². The Morgan fingerprint density at radius 1 is 1.32 bits per heavy atom. The fourth-order valence-electron chi connectivity index (χ4n) is 3.61. The summed E-state index contributed by atoms with van der Waals surface area (Å²) in [5, 5.41) is 5.81. The Balaban J connectivity index is 1.40. The van der Waals surface area contributed by atoms with Crippen LogP contribution in [0.2, 0.25) is 10.0 Å². The number of piperidine rings is 1. The third kappa shape index (κ3) is 3.76. The second-order valence-corrected chi connectivity index (χ2v) is 8.46. The summed E-state index contributed by atoms with van der Waals surface area (Å²) in [5.74, 6) is 2.05. The highest BCUT2D eigenvalue weighted by atomic mass is 35.5. The van der Waals surface area contributed by atoms with Gasteiger partial charge in [0.15, 0.2) is 5.82 Å². The lowest BCUT2D eigenvalue weighted by Gasteiger charge is -2.31. The summed E-state index contributed by atoms with van der Waals surface area (Å²) in [6, 6.07) is 5.38. The Hall–Kier alpha value is -2.05. The zero-order chi connectivity index (χ0) is 19.8. The van der Waals surface area contributed by atoms with Crippen molar-refractivity contribution in [2.24, 2.45) is 5.92 Å². The van der Waals surface area contributed by atoms with Gasteiger partial charge >= 0.3 is 0 Å². The van der Waals surface area contributed by atoms with E-state index in [0.29, 0.717) is 40.6 Å². The first-order valence-electron chi connectivity index (χ1n) is 9.51. The molecule has 6 nitrogen and oxygen atoms in total. The van der Waals surface area contributed by atoms with Crippen molar-refractivity contribution < 1.29 is 9.32 Å². The van der Waals surface area contributed by atoms with E-state index >= 15 is 0 Å². The topological polar surface area (TPSA) is 75.0 Å². The van der Waals surface area contributed by atoms with Gasteiger partial charge in [0.05, 0.1) is 5.02 Å². The third-order valence-electron chi connectivity index (χ3n) is 5.28. The SMILES string of the molecule is CC(C)c1noc(CC2CCN(C(=O)c3[nH]c4ccc(Cl)cc4c3Cl)CC2)n1. The summed E-state index contributed by atoms with van der Waals surface area (Å²) in [4.78, 5) is 22.4. The quantitative estimate of drug-likeness (QED) is 0.638. The monoisotopic (exact) mass is 420 g/mol. The standard InChI is InChI=1S/C20H22Cl2N4O2/c1-11(2)19-24-16(28-25-19)9-12-5-7-26(8-6-12)20(27)18-17(22)14-10-13(21)3-4-15(14)23-18/h3-4,10-12,23H,5-9H2,1-2H3. The number of likely N-dealkylation sites (tertiary alicyclic amines) is 1. The van der Waals surface area contributed by atoms with Gasteiger partial charge in [0, 0.05) is 41.4 Å². The molecule has 0 aliphatic carbocycles. The predicted molar refractivity (Wildman–Crippen MR) is 109 cm³/mol. The second kappa shape index (κ2) is 7.76. The van der Waals surface area contributed by atoms with Crippen molar-refractivity contribution in [1.29, 1.82) is 0 Å². The van der Waals surface area contributed by atoms with Crippen molar-refractivity contribution in [3.63, 3.8) is 0 Å². The minimum absolute atomic E-state index is 0.0735. The first-order chi connectivity index (χ1) is 13.4. The zero-order valence-corrected chi connectivity index (χ0v) is 17.3. The Morgan fingerprint density at radius 3 is 2.75 bits per heavy atom. The van der Waals surface area contributed by atoms with Crippen LogP contribution in [-0.4, -0.2) is 39.0 Å². The number of rotatable bonds is 4. The first-order valence-corrected chi connectivity index (χ1v) is 10.3. The summed E-state index contributed by atoms with van der Waals surface area (Å²) in [6.45, 7) is 5.45. The molecule has 1 fully saturated rings. The largest absolute Gasteiger partial charge is 0.349 e. The molecule has 0 unspecified atom stereocenters. The normalized spacial score (nSPS) is 15.7. The Bertz CT molecular complexity index is 1000. The van der Waals surface area contributed by atoms with Crippen LogP contribution >= 0.6 is 23.2 Å². The van der Waals surface area contributed by atoms with Gasteiger partial charge in [-0.3, -0.25) is 4.79 Å². The van der Waals surface area contributed by atoms with Gasteiger partial charge in [-0.25, -0.2) is 0 Å². The Labute approximate surface area is 173 Å². The number of nitrogens with one attached hydrogen (secondary N) is 1. The summed E-state index contributed by atoms with van der Waals surface area (Å²) in [7, 11) is 0. The van der Waals surface area contributed by atoms with Gasteiger partial charge in [0.1, 0.15) is 5.69 Å². The fourth-order valence-corrected chi connectivity index (χ4v) is 4.07. The minimum Gasteiger partial charge on any atom is -0.349 e. The summed E-state index contributed by atoms with van der Waals surface area (Å²) in [6.07, 6.45) is 2.55. The fraction of sp³-hybridized carbons (Fsp3) is 0.450. The van der Waals surface area contributed by atoms with Crippen LogP contribution in [0.1, 0.15) is 54.8 Å². The number of carbonyl (C=O) groups is 1. The lowest BCUT2D eigenvalue weighted by molar-refractivity contribution is 0.0682. The van der Waals surface area contributed by atoms with E-state index in [-0.39, 0.29) is 11.8 Å². The van der Waals surface area contributed by atoms with Crippen molar-refractivity contribution in [2.75, 3.05) is 13.1 Å². The molecular weight excluding hydrogens is 399 g/mol. The van der Waals surface area contributed by atoms with Crippen LogP contribution in [-0.2, 0) is 6.42 Å². The molecule has 28 heavy (non-hydrogen) atoms. The van der Waals surface area contributed by atoms with Gasteiger partial charge in [0.2, 0.25) is 5.89 Å². The molecule has 0 spiro atoms. The van der Waals surface area contributed by atoms with Crippen molar-refractivity contribution >= 4 is 40.0 Å². The van der Waals surface area contributed by atoms with Crippen LogP contribution < -0.4 is 0 Å². The number of amides is 1. The molecule has 1 aliphatic rings. The van der Waals surface area contributed by atoms with E-state index in [1.165, 1.54) is 0 Å². The molecule has 1 aromatic carbocycles. The highest BCUT2D eigenvalue weighted by molar-refractivity contribution is 6.39. The second-order valence-electron chi connectivity index (χ2n) is 7.64. The van der Waals surface area contributed by atoms with Crippen LogP contribution in [0.15, 0.2) is 22.7 Å². The molecule has 8 heteroatoms. The van der Waals surface area contributed by atoms with E-state index in [0.717, 1.165) is 36.0 Å². The first kappa shape index (κ1) is 19.3. The van der Waals surface area contributed by atoms with Crippen molar-refractivity contribution in [2.45, 2.75) is 39.0 Å². The number of fused-ring (bicyclic) bond motifs is 1. The number of aromatic nitrogens is 3. The average molecular weight is 421 g/mol. The number of benzene rings is 1. The van der Waals surface area contributed by atoms with E-state index in [9.17, 15) is 4.79 Å². The highest BCUT2D eigenvalue weighted by Crippen LogP contribution is 2.31. The third-order valence-corrected chi connectivity index (χ3v) is 5.90. The van der Waals surface area contributed by atoms with Gasteiger partial charge in [0.25, 0.3) is 5.91 Å². The summed E-state index contributed by atoms with van der Waals surface area (Å²) < 4.78 is 5.36. The smallest absolute Gasteiger partial charge is 0.271 e. The number of hydrogen-bond donors (Lipinski definition) is 1. The molecule has 0 bridgehead atoms. The molecule has 1 N–H and O–H groups in total. The van der Waals surface area contributed by atoms with E-state index in [1.807, 2.05) is 24.8 Å². The number of aromatic amines is 1. The van der Waals surface area contributed by atoms with E-state index < -0.39 is 0 Å². The van der Waals surface area contributed by atoms with Crippen LogP contribution in [0.3, 0.4) is 0 Å². The number of hydrogen-bond acceptors (Lipinski definition) is 4.